The fourth-order valence-corrected chi connectivity index (χ4v) is 3.15. The van der Waals surface area contributed by atoms with Gasteiger partial charge in [0.25, 0.3) is 0 Å². The number of aliphatic hydroxyl groups excluding tert-OH is 1. The quantitative estimate of drug-likeness (QED) is 0.767. The second-order valence-electron chi connectivity index (χ2n) is 8.49. The molecule has 0 saturated carbocycles. The monoisotopic (exact) mass is 431 g/mol. The maximum atomic E-state index is 13.8. The Morgan fingerprint density at radius 1 is 1.27 bits per heavy atom. The average Bonchev–Trinajstić information content (AvgIpc) is 2.92. The number of hydrogen-bond donors (Lipinski definition) is 1. The van der Waals surface area contributed by atoms with E-state index in [4.69, 9.17) is 14.2 Å². The lowest BCUT2D eigenvalue weighted by Crippen LogP contribution is -2.54. The van der Waals surface area contributed by atoms with Gasteiger partial charge in [-0.05, 0) is 58.4 Å². The van der Waals surface area contributed by atoms with Gasteiger partial charge in [-0.1, -0.05) is 12.1 Å². The van der Waals surface area contributed by atoms with Crippen molar-refractivity contribution in [3.8, 4) is 5.75 Å². The first-order valence-corrected chi connectivity index (χ1v) is 9.43. The van der Waals surface area contributed by atoms with Gasteiger partial charge in [0.15, 0.2) is 0 Å². The number of ether oxygens (including phenoxy) is 3. The molecule has 1 fully saturated rings. The van der Waals surface area contributed by atoms with Crippen LogP contribution in [0.25, 0.3) is 6.08 Å². The number of halogens is 3. The highest BCUT2D eigenvalue weighted by molar-refractivity contribution is 5.70. The van der Waals surface area contributed by atoms with Crippen molar-refractivity contribution < 1.29 is 37.3 Å². The van der Waals surface area contributed by atoms with E-state index in [1.54, 1.807) is 20.8 Å². The van der Waals surface area contributed by atoms with E-state index in [9.17, 15) is 23.1 Å². The molecule has 1 N–H and O–H groups in total. The number of alkyl halides is 3. The van der Waals surface area contributed by atoms with Crippen LogP contribution in [-0.4, -0.2) is 59.5 Å². The van der Waals surface area contributed by atoms with Gasteiger partial charge in [0.05, 0.1) is 25.3 Å². The summed E-state index contributed by atoms with van der Waals surface area (Å²) < 4.78 is 57.3. The summed E-state index contributed by atoms with van der Waals surface area (Å²) in [5.74, 6) is 0.489. The van der Waals surface area contributed by atoms with Gasteiger partial charge in [0.2, 0.25) is 0 Å². The molecule has 1 amide bonds. The van der Waals surface area contributed by atoms with Crippen molar-refractivity contribution in [3.63, 3.8) is 0 Å². The topological polar surface area (TPSA) is 68.2 Å². The van der Waals surface area contributed by atoms with Crippen LogP contribution in [0.4, 0.5) is 18.0 Å². The predicted molar refractivity (Wildman–Crippen MR) is 105 cm³/mol. The Morgan fingerprint density at radius 2 is 1.83 bits per heavy atom. The molecular weight excluding hydrogens is 403 g/mol. The Morgan fingerprint density at radius 3 is 2.30 bits per heavy atom. The molecular formula is C21H28F3NO5. The Bertz CT molecular complexity index is 781. The van der Waals surface area contributed by atoms with Crippen molar-refractivity contribution in [3.05, 3.63) is 35.4 Å². The van der Waals surface area contributed by atoms with Crippen LogP contribution in [0.15, 0.2) is 29.8 Å². The van der Waals surface area contributed by atoms with Crippen LogP contribution < -0.4 is 4.74 Å². The smallest absolute Gasteiger partial charge is 0.415 e. The molecule has 0 spiro atoms. The molecule has 1 aromatic carbocycles. The summed E-state index contributed by atoms with van der Waals surface area (Å²) in [6.07, 6.45) is -6.88. The third-order valence-corrected chi connectivity index (χ3v) is 4.56. The number of carbonyl (C=O) groups excluding carboxylic acids is 1. The van der Waals surface area contributed by atoms with Crippen LogP contribution in [0.1, 0.15) is 40.2 Å². The molecule has 0 unspecified atom stereocenters. The zero-order valence-electron chi connectivity index (χ0n) is 17.9. The molecule has 1 heterocycles. The molecule has 1 aromatic rings. The van der Waals surface area contributed by atoms with E-state index >= 15 is 0 Å². The van der Waals surface area contributed by atoms with Crippen molar-refractivity contribution in [2.75, 3.05) is 13.7 Å². The third kappa shape index (κ3) is 5.66. The first-order valence-electron chi connectivity index (χ1n) is 9.43. The zero-order valence-corrected chi connectivity index (χ0v) is 17.9. The lowest BCUT2D eigenvalue weighted by atomic mass is 9.98. The number of benzene rings is 1. The van der Waals surface area contributed by atoms with Gasteiger partial charge in [-0.15, -0.1) is 0 Å². The van der Waals surface area contributed by atoms with E-state index in [0.29, 0.717) is 5.75 Å². The van der Waals surface area contributed by atoms with Gasteiger partial charge in [-0.2, -0.15) is 13.2 Å². The summed E-state index contributed by atoms with van der Waals surface area (Å²) in [7, 11) is 1.45. The second kappa shape index (κ2) is 8.47. The van der Waals surface area contributed by atoms with Gasteiger partial charge >= 0.3 is 12.3 Å². The number of hydrogen-bond acceptors (Lipinski definition) is 5. The number of methoxy groups -OCH3 is 1. The van der Waals surface area contributed by atoms with Crippen LogP contribution in [0.3, 0.4) is 0 Å². The van der Waals surface area contributed by atoms with E-state index in [-0.39, 0.29) is 12.2 Å². The van der Waals surface area contributed by atoms with Gasteiger partial charge in [0.1, 0.15) is 23.2 Å². The van der Waals surface area contributed by atoms with Crippen molar-refractivity contribution >= 4 is 12.2 Å². The molecule has 1 saturated heterocycles. The molecule has 0 aliphatic carbocycles. The van der Waals surface area contributed by atoms with Crippen LogP contribution in [0.5, 0.6) is 5.75 Å². The maximum Gasteiger partial charge on any atom is 0.415 e. The maximum absolute atomic E-state index is 13.8. The number of nitrogens with zero attached hydrogens (tertiary/aromatic N) is 1. The summed E-state index contributed by atoms with van der Waals surface area (Å²) >= 11 is 0. The van der Waals surface area contributed by atoms with E-state index in [1.807, 2.05) is 0 Å². The number of aliphatic hydroxyl groups is 1. The van der Waals surface area contributed by atoms with Gasteiger partial charge in [0, 0.05) is 0 Å². The first kappa shape index (κ1) is 24.0. The van der Waals surface area contributed by atoms with E-state index < -0.39 is 41.3 Å². The SMILES string of the molecule is COc1ccc(/C=C(/[C@@H](O)[C@@H]2COC(C)(C)N2C(=O)OC(C)(C)C)C(F)(F)F)cc1. The lowest BCUT2D eigenvalue weighted by molar-refractivity contribution is -0.111. The van der Waals surface area contributed by atoms with Gasteiger partial charge in [-0.25, -0.2) is 4.79 Å². The molecule has 6 nitrogen and oxygen atoms in total. The normalized spacial score (nSPS) is 20.8. The minimum atomic E-state index is -4.83. The molecule has 0 aromatic heterocycles. The van der Waals surface area contributed by atoms with Crippen LogP contribution >= 0.6 is 0 Å². The van der Waals surface area contributed by atoms with Crippen molar-refractivity contribution in [1.82, 2.24) is 4.90 Å². The Balaban J connectivity index is 2.41. The molecule has 168 valence electrons. The largest absolute Gasteiger partial charge is 0.497 e. The highest BCUT2D eigenvalue weighted by Gasteiger charge is 2.52. The number of amides is 1. The molecule has 2 rings (SSSR count). The molecule has 1 aliphatic heterocycles. The Hall–Kier alpha value is -2.26. The molecule has 1 aliphatic rings. The fourth-order valence-electron chi connectivity index (χ4n) is 3.15. The molecule has 0 radical (unpaired) electrons. The van der Waals surface area contributed by atoms with Crippen LogP contribution in [0.2, 0.25) is 0 Å². The lowest BCUT2D eigenvalue weighted by Gasteiger charge is -2.37. The summed E-state index contributed by atoms with van der Waals surface area (Å²) in [6.45, 7) is 7.72. The van der Waals surface area contributed by atoms with Crippen LogP contribution in [-0.2, 0) is 9.47 Å². The van der Waals surface area contributed by atoms with Crippen molar-refractivity contribution in [2.45, 2.75) is 64.3 Å². The summed E-state index contributed by atoms with van der Waals surface area (Å²) in [4.78, 5) is 13.7. The van der Waals surface area contributed by atoms with Gasteiger partial charge < -0.3 is 19.3 Å². The van der Waals surface area contributed by atoms with Crippen molar-refractivity contribution in [1.29, 1.82) is 0 Å². The summed E-state index contributed by atoms with van der Waals surface area (Å²) in [6, 6.07) is 4.64. The zero-order chi connectivity index (χ0) is 22.9. The van der Waals surface area contributed by atoms with E-state index in [0.717, 1.165) is 11.0 Å². The number of carbonyl (C=O) groups is 1. The highest BCUT2D eigenvalue weighted by atomic mass is 19.4. The molecule has 30 heavy (non-hydrogen) atoms. The third-order valence-electron chi connectivity index (χ3n) is 4.56. The van der Waals surface area contributed by atoms with Crippen molar-refractivity contribution in [2.24, 2.45) is 0 Å². The number of rotatable bonds is 4. The van der Waals surface area contributed by atoms with Crippen LogP contribution in [0, 0.1) is 0 Å². The second-order valence-corrected chi connectivity index (χ2v) is 8.49. The Labute approximate surface area is 174 Å². The predicted octanol–water partition coefficient (Wildman–Crippen LogP) is 4.37. The van der Waals surface area contributed by atoms with E-state index in [2.05, 4.69) is 0 Å². The minimum absolute atomic E-state index is 0.226. The average molecular weight is 431 g/mol. The standard InChI is InChI=1S/C21H28F3NO5/c1-19(2,3)30-18(27)25-16(12-29-20(25,4)5)17(26)15(21(22,23)24)11-13-7-9-14(28-6)10-8-13/h7-11,16-17,26H,12H2,1-6H3/b15-11-/t16-,17+/m0/s1. The van der Waals surface area contributed by atoms with E-state index in [1.165, 1.54) is 45.2 Å². The van der Waals surface area contributed by atoms with Gasteiger partial charge in [-0.3, -0.25) is 4.90 Å². The fraction of sp³-hybridized carbons (Fsp3) is 0.571. The molecule has 2 atom stereocenters. The minimum Gasteiger partial charge on any atom is -0.497 e. The molecule has 0 bridgehead atoms. The summed E-state index contributed by atoms with van der Waals surface area (Å²) in [5, 5.41) is 10.7. The highest BCUT2D eigenvalue weighted by Crippen LogP contribution is 2.37. The first-order chi connectivity index (χ1) is 13.7. The molecule has 9 heteroatoms. The summed E-state index contributed by atoms with van der Waals surface area (Å²) in [5.41, 5.74) is -3.07. The Kier molecular flexibility index (Phi) is 6.78.